The predicted molar refractivity (Wildman–Crippen MR) is 59.0 cm³/mol. The molecule has 0 aromatic carbocycles. The summed E-state index contributed by atoms with van der Waals surface area (Å²) in [7, 11) is 0. The molecule has 0 N–H and O–H groups in total. The van der Waals surface area contributed by atoms with Crippen molar-refractivity contribution in [1.29, 1.82) is 0 Å². The van der Waals surface area contributed by atoms with Gasteiger partial charge < -0.3 is 4.90 Å². The van der Waals surface area contributed by atoms with Crippen LogP contribution in [0.3, 0.4) is 0 Å². The van der Waals surface area contributed by atoms with Crippen LogP contribution in [0.15, 0.2) is 0 Å². The smallest absolute Gasteiger partial charge is 0.0110 e. The zero-order valence-corrected chi connectivity index (χ0v) is 9.39. The Bertz CT molecular complexity index is 118. The van der Waals surface area contributed by atoms with E-state index in [9.17, 15) is 0 Å². The molecule has 1 fully saturated rings. The molecule has 0 bridgehead atoms. The van der Waals surface area contributed by atoms with Gasteiger partial charge in [0, 0.05) is 13.1 Å². The van der Waals surface area contributed by atoms with E-state index in [-0.39, 0.29) is 0 Å². The molecule has 1 aliphatic rings. The van der Waals surface area contributed by atoms with Gasteiger partial charge >= 0.3 is 0 Å². The van der Waals surface area contributed by atoms with E-state index < -0.39 is 0 Å². The van der Waals surface area contributed by atoms with Crippen molar-refractivity contribution in [3.63, 3.8) is 0 Å². The van der Waals surface area contributed by atoms with Gasteiger partial charge in [0.2, 0.25) is 0 Å². The average Bonchev–Trinajstić information content (AvgIpc) is 2.94. The lowest BCUT2D eigenvalue weighted by Gasteiger charge is -2.14. The molecule has 0 saturated carbocycles. The second-order valence-corrected chi connectivity index (χ2v) is 4.40. The fourth-order valence-electron chi connectivity index (χ4n) is 1.90. The Hall–Kier alpha value is -0.0400. The minimum atomic E-state index is 1.01. The molecular formula is C12H25N. The highest BCUT2D eigenvalue weighted by molar-refractivity contribution is 4.73. The summed E-state index contributed by atoms with van der Waals surface area (Å²) >= 11 is 0. The van der Waals surface area contributed by atoms with E-state index in [1.807, 2.05) is 0 Å². The Morgan fingerprint density at radius 3 is 2.38 bits per heavy atom. The standard InChI is InChI=1S/C12H25N/c1-3-5-6-7-12(4-2)8-9-13-10-11-13/h12H,3-11H2,1-2H3. The molecule has 1 unspecified atom stereocenters. The Balaban J connectivity index is 1.95. The van der Waals surface area contributed by atoms with Gasteiger partial charge in [-0.2, -0.15) is 0 Å². The molecule has 0 aromatic rings. The van der Waals surface area contributed by atoms with E-state index in [1.165, 1.54) is 58.2 Å². The predicted octanol–water partition coefficient (Wildman–Crippen LogP) is 3.30. The van der Waals surface area contributed by atoms with Crippen molar-refractivity contribution in [3.8, 4) is 0 Å². The van der Waals surface area contributed by atoms with Crippen molar-refractivity contribution in [3.05, 3.63) is 0 Å². The van der Waals surface area contributed by atoms with Crippen molar-refractivity contribution in [2.24, 2.45) is 5.92 Å². The molecule has 1 heteroatoms. The third kappa shape index (κ3) is 5.30. The molecule has 1 heterocycles. The van der Waals surface area contributed by atoms with Crippen LogP contribution in [-0.4, -0.2) is 24.5 Å². The first-order valence-corrected chi connectivity index (χ1v) is 6.09. The zero-order chi connectivity index (χ0) is 9.52. The molecule has 0 aliphatic carbocycles. The van der Waals surface area contributed by atoms with Gasteiger partial charge in [-0.15, -0.1) is 0 Å². The quantitative estimate of drug-likeness (QED) is 0.412. The van der Waals surface area contributed by atoms with E-state index in [4.69, 9.17) is 0 Å². The molecule has 1 atom stereocenters. The lowest BCUT2D eigenvalue weighted by Crippen LogP contribution is -2.07. The molecule has 0 spiro atoms. The Labute approximate surface area is 83.5 Å². The number of hydrogen-bond acceptors (Lipinski definition) is 1. The van der Waals surface area contributed by atoms with Crippen LogP contribution in [-0.2, 0) is 0 Å². The largest absolute Gasteiger partial charge is 0.301 e. The topological polar surface area (TPSA) is 3.01 Å². The van der Waals surface area contributed by atoms with Gasteiger partial charge in [0.25, 0.3) is 0 Å². The molecule has 1 aliphatic heterocycles. The van der Waals surface area contributed by atoms with Gasteiger partial charge in [-0.1, -0.05) is 46.0 Å². The van der Waals surface area contributed by atoms with Gasteiger partial charge in [0.05, 0.1) is 0 Å². The molecule has 13 heavy (non-hydrogen) atoms. The number of nitrogens with zero attached hydrogens (tertiary/aromatic N) is 1. The molecule has 1 nitrogen and oxygen atoms in total. The first-order valence-electron chi connectivity index (χ1n) is 6.09. The summed E-state index contributed by atoms with van der Waals surface area (Å²) in [6, 6.07) is 0. The maximum absolute atomic E-state index is 2.54. The lowest BCUT2D eigenvalue weighted by molar-refractivity contribution is 0.377. The Morgan fingerprint density at radius 1 is 1.08 bits per heavy atom. The van der Waals surface area contributed by atoms with Gasteiger partial charge in [-0.3, -0.25) is 0 Å². The summed E-state index contributed by atoms with van der Waals surface area (Å²) in [4.78, 5) is 2.54. The number of rotatable bonds is 8. The van der Waals surface area contributed by atoms with Crippen molar-refractivity contribution in [1.82, 2.24) is 4.90 Å². The van der Waals surface area contributed by atoms with Crippen molar-refractivity contribution >= 4 is 0 Å². The summed E-state index contributed by atoms with van der Waals surface area (Å²) in [5, 5.41) is 0. The highest BCUT2D eigenvalue weighted by Crippen LogP contribution is 2.19. The minimum Gasteiger partial charge on any atom is -0.301 e. The van der Waals surface area contributed by atoms with E-state index >= 15 is 0 Å². The maximum Gasteiger partial charge on any atom is 0.0110 e. The number of unbranched alkanes of at least 4 members (excludes halogenated alkanes) is 2. The molecule has 1 saturated heterocycles. The van der Waals surface area contributed by atoms with Gasteiger partial charge in [0.15, 0.2) is 0 Å². The van der Waals surface area contributed by atoms with Gasteiger partial charge in [0.1, 0.15) is 0 Å². The second kappa shape index (κ2) is 6.42. The molecule has 0 amide bonds. The maximum atomic E-state index is 2.54. The molecular weight excluding hydrogens is 158 g/mol. The van der Waals surface area contributed by atoms with E-state index in [0.29, 0.717) is 0 Å². The lowest BCUT2D eigenvalue weighted by atomic mass is 9.95. The second-order valence-electron chi connectivity index (χ2n) is 4.40. The van der Waals surface area contributed by atoms with Crippen LogP contribution in [0.2, 0.25) is 0 Å². The average molecular weight is 183 g/mol. The highest BCUT2D eigenvalue weighted by atomic mass is 15.2. The third-order valence-electron chi connectivity index (χ3n) is 3.19. The molecule has 0 aromatic heterocycles. The van der Waals surface area contributed by atoms with Crippen LogP contribution in [0.25, 0.3) is 0 Å². The fourth-order valence-corrected chi connectivity index (χ4v) is 1.90. The summed E-state index contributed by atoms with van der Waals surface area (Å²) in [5.74, 6) is 1.01. The van der Waals surface area contributed by atoms with Crippen LogP contribution in [0.4, 0.5) is 0 Å². The summed E-state index contributed by atoms with van der Waals surface area (Å²) in [6.07, 6.45) is 8.55. The van der Waals surface area contributed by atoms with Crippen molar-refractivity contribution in [2.45, 2.75) is 52.4 Å². The Morgan fingerprint density at radius 2 is 1.85 bits per heavy atom. The van der Waals surface area contributed by atoms with Crippen LogP contribution in [0, 0.1) is 5.92 Å². The highest BCUT2D eigenvalue weighted by Gasteiger charge is 2.17. The normalized spacial score (nSPS) is 18.9. The minimum absolute atomic E-state index is 1.01. The SMILES string of the molecule is CCCCCC(CC)CCN1CC1. The molecule has 1 rings (SSSR count). The van der Waals surface area contributed by atoms with Crippen molar-refractivity contribution in [2.75, 3.05) is 19.6 Å². The Kier molecular flexibility index (Phi) is 5.45. The van der Waals surface area contributed by atoms with E-state index in [0.717, 1.165) is 5.92 Å². The summed E-state index contributed by atoms with van der Waals surface area (Å²) < 4.78 is 0. The fraction of sp³-hybridized carbons (Fsp3) is 1.00. The van der Waals surface area contributed by atoms with Crippen LogP contribution >= 0.6 is 0 Å². The molecule has 78 valence electrons. The summed E-state index contributed by atoms with van der Waals surface area (Å²) in [6.45, 7) is 8.73. The van der Waals surface area contributed by atoms with Crippen LogP contribution < -0.4 is 0 Å². The van der Waals surface area contributed by atoms with Crippen LogP contribution in [0.5, 0.6) is 0 Å². The van der Waals surface area contributed by atoms with E-state index in [2.05, 4.69) is 18.7 Å². The first kappa shape index (κ1) is 11.0. The monoisotopic (exact) mass is 183 g/mol. The third-order valence-corrected chi connectivity index (χ3v) is 3.19. The van der Waals surface area contributed by atoms with Gasteiger partial charge in [-0.05, 0) is 18.9 Å². The zero-order valence-electron chi connectivity index (χ0n) is 9.39. The molecule has 0 radical (unpaired) electrons. The summed E-state index contributed by atoms with van der Waals surface area (Å²) in [5.41, 5.74) is 0. The van der Waals surface area contributed by atoms with Gasteiger partial charge in [-0.25, -0.2) is 0 Å². The first-order chi connectivity index (χ1) is 6.36. The number of hydrogen-bond donors (Lipinski definition) is 0. The van der Waals surface area contributed by atoms with E-state index in [1.54, 1.807) is 0 Å². The van der Waals surface area contributed by atoms with Crippen LogP contribution in [0.1, 0.15) is 52.4 Å². The van der Waals surface area contributed by atoms with Crippen molar-refractivity contribution < 1.29 is 0 Å².